The molecule has 2 rings (SSSR count). The summed E-state index contributed by atoms with van der Waals surface area (Å²) in [7, 11) is 0. The number of hydrogen-bond acceptors (Lipinski definition) is 2. The van der Waals surface area contributed by atoms with Crippen LogP contribution in [0.15, 0.2) is 24.3 Å². The molecule has 0 aromatic heterocycles. The highest BCUT2D eigenvalue weighted by atomic mass is 16.3. The molecular formula is C12H12O2. The van der Waals surface area contributed by atoms with E-state index >= 15 is 0 Å². The molecular weight excluding hydrogens is 176 g/mol. The highest BCUT2D eigenvalue weighted by Crippen LogP contribution is 2.34. The molecule has 0 atom stereocenters. The van der Waals surface area contributed by atoms with Crippen molar-refractivity contribution in [3.63, 3.8) is 0 Å². The minimum absolute atomic E-state index is 0.0365. The van der Waals surface area contributed by atoms with Crippen LogP contribution in [0.4, 0.5) is 0 Å². The molecule has 2 nitrogen and oxygen atoms in total. The van der Waals surface area contributed by atoms with Crippen LogP contribution in [0.25, 0.3) is 10.8 Å². The molecule has 0 aliphatic carbocycles. The summed E-state index contributed by atoms with van der Waals surface area (Å²) < 4.78 is 0. The van der Waals surface area contributed by atoms with Gasteiger partial charge in [0.05, 0.1) is 0 Å². The first kappa shape index (κ1) is 8.88. The van der Waals surface area contributed by atoms with Gasteiger partial charge in [-0.1, -0.05) is 12.1 Å². The molecule has 0 aliphatic rings. The summed E-state index contributed by atoms with van der Waals surface area (Å²) in [6.07, 6.45) is 0. The number of hydrogen-bond donors (Lipinski definition) is 2. The van der Waals surface area contributed by atoms with Gasteiger partial charge in [-0.05, 0) is 42.5 Å². The van der Waals surface area contributed by atoms with Crippen molar-refractivity contribution < 1.29 is 10.2 Å². The van der Waals surface area contributed by atoms with Crippen molar-refractivity contribution >= 4 is 10.8 Å². The number of phenols is 2. The first-order valence-electron chi connectivity index (χ1n) is 4.51. The molecule has 0 bridgehead atoms. The molecule has 0 saturated carbocycles. The second-order valence-electron chi connectivity index (χ2n) is 3.59. The molecule has 0 radical (unpaired) electrons. The second kappa shape index (κ2) is 2.91. The maximum atomic E-state index is 9.62. The predicted molar refractivity (Wildman–Crippen MR) is 56.8 cm³/mol. The van der Waals surface area contributed by atoms with E-state index in [1.807, 2.05) is 26.0 Å². The SMILES string of the molecule is Cc1cc2ccc(O)c(O)c2cc1C. The Morgan fingerprint density at radius 2 is 1.57 bits per heavy atom. The minimum Gasteiger partial charge on any atom is -0.504 e. The van der Waals surface area contributed by atoms with Gasteiger partial charge in [0.1, 0.15) is 0 Å². The summed E-state index contributed by atoms with van der Waals surface area (Å²) >= 11 is 0. The van der Waals surface area contributed by atoms with E-state index in [1.54, 1.807) is 6.07 Å². The summed E-state index contributed by atoms with van der Waals surface area (Å²) in [6.45, 7) is 4.01. The van der Waals surface area contributed by atoms with Crippen LogP contribution in [-0.2, 0) is 0 Å². The van der Waals surface area contributed by atoms with E-state index < -0.39 is 0 Å². The summed E-state index contributed by atoms with van der Waals surface area (Å²) in [5, 5.41) is 20.6. The number of rotatable bonds is 0. The zero-order valence-electron chi connectivity index (χ0n) is 8.20. The Morgan fingerprint density at radius 3 is 2.29 bits per heavy atom. The van der Waals surface area contributed by atoms with Gasteiger partial charge in [0.25, 0.3) is 0 Å². The van der Waals surface area contributed by atoms with Gasteiger partial charge in [-0.25, -0.2) is 0 Å². The molecule has 2 aromatic carbocycles. The normalized spacial score (nSPS) is 10.7. The van der Waals surface area contributed by atoms with Crippen molar-refractivity contribution in [1.29, 1.82) is 0 Å². The molecule has 0 aliphatic heterocycles. The van der Waals surface area contributed by atoms with E-state index in [0.717, 1.165) is 10.9 Å². The fourth-order valence-corrected chi connectivity index (χ4v) is 1.57. The minimum atomic E-state index is -0.0687. The zero-order valence-corrected chi connectivity index (χ0v) is 8.20. The van der Waals surface area contributed by atoms with Crippen molar-refractivity contribution in [3.8, 4) is 11.5 Å². The fourth-order valence-electron chi connectivity index (χ4n) is 1.57. The topological polar surface area (TPSA) is 40.5 Å². The van der Waals surface area contributed by atoms with Crippen LogP contribution in [0.2, 0.25) is 0 Å². The van der Waals surface area contributed by atoms with Crippen molar-refractivity contribution in [2.24, 2.45) is 0 Å². The molecule has 0 spiro atoms. The quantitative estimate of drug-likeness (QED) is 0.624. The lowest BCUT2D eigenvalue weighted by atomic mass is 10.0. The predicted octanol–water partition coefficient (Wildman–Crippen LogP) is 2.87. The van der Waals surface area contributed by atoms with Crippen molar-refractivity contribution in [1.82, 2.24) is 0 Å². The summed E-state index contributed by atoms with van der Waals surface area (Å²) in [6, 6.07) is 7.20. The van der Waals surface area contributed by atoms with Crippen LogP contribution in [0.3, 0.4) is 0 Å². The number of aromatic hydroxyl groups is 2. The van der Waals surface area contributed by atoms with Crippen LogP contribution in [0, 0.1) is 13.8 Å². The second-order valence-corrected chi connectivity index (χ2v) is 3.59. The van der Waals surface area contributed by atoms with Crippen molar-refractivity contribution in [3.05, 3.63) is 35.4 Å². The maximum Gasteiger partial charge on any atom is 0.165 e. The van der Waals surface area contributed by atoms with Crippen LogP contribution in [-0.4, -0.2) is 10.2 Å². The number of benzene rings is 2. The third-order valence-corrected chi connectivity index (χ3v) is 2.58. The smallest absolute Gasteiger partial charge is 0.165 e. The Hall–Kier alpha value is -1.70. The van der Waals surface area contributed by atoms with E-state index in [0.29, 0.717) is 5.39 Å². The monoisotopic (exact) mass is 188 g/mol. The van der Waals surface area contributed by atoms with Crippen LogP contribution < -0.4 is 0 Å². The van der Waals surface area contributed by atoms with Gasteiger partial charge in [0.15, 0.2) is 11.5 Å². The number of aryl methyl sites for hydroxylation is 2. The summed E-state index contributed by atoms with van der Waals surface area (Å²) in [5.41, 5.74) is 2.29. The van der Waals surface area contributed by atoms with E-state index in [-0.39, 0.29) is 11.5 Å². The standard InChI is InChI=1S/C12H12O2/c1-7-5-9-3-4-11(13)12(14)10(9)6-8(7)2/h3-6,13-14H,1-2H3. The van der Waals surface area contributed by atoms with Crippen molar-refractivity contribution in [2.75, 3.05) is 0 Å². The Kier molecular flexibility index (Phi) is 1.84. The third-order valence-electron chi connectivity index (χ3n) is 2.58. The van der Waals surface area contributed by atoms with Gasteiger partial charge in [-0.3, -0.25) is 0 Å². The lowest BCUT2D eigenvalue weighted by Gasteiger charge is -2.06. The molecule has 14 heavy (non-hydrogen) atoms. The van der Waals surface area contributed by atoms with E-state index in [9.17, 15) is 10.2 Å². The van der Waals surface area contributed by atoms with E-state index in [2.05, 4.69) is 0 Å². The highest BCUT2D eigenvalue weighted by Gasteiger charge is 2.06. The van der Waals surface area contributed by atoms with E-state index in [4.69, 9.17) is 0 Å². The average molecular weight is 188 g/mol. The van der Waals surface area contributed by atoms with Gasteiger partial charge in [-0.2, -0.15) is 0 Å². The molecule has 0 fully saturated rings. The molecule has 2 heteroatoms. The molecule has 0 amide bonds. The largest absolute Gasteiger partial charge is 0.504 e. The highest BCUT2D eigenvalue weighted by molar-refractivity contribution is 5.91. The third kappa shape index (κ3) is 1.20. The fraction of sp³-hybridized carbons (Fsp3) is 0.167. The Labute approximate surface area is 82.4 Å². The van der Waals surface area contributed by atoms with Crippen LogP contribution in [0.5, 0.6) is 11.5 Å². The van der Waals surface area contributed by atoms with Crippen LogP contribution in [0.1, 0.15) is 11.1 Å². The first-order valence-corrected chi connectivity index (χ1v) is 4.51. The number of phenolic OH excluding ortho intramolecular Hbond substituents is 2. The van der Waals surface area contributed by atoms with Gasteiger partial charge < -0.3 is 10.2 Å². The zero-order chi connectivity index (χ0) is 10.3. The molecule has 0 unspecified atom stereocenters. The first-order chi connectivity index (χ1) is 6.59. The average Bonchev–Trinajstić information content (AvgIpc) is 2.15. The molecule has 72 valence electrons. The molecule has 0 saturated heterocycles. The summed E-state index contributed by atoms with van der Waals surface area (Å²) in [5.74, 6) is -0.105. The molecule has 2 aromatic rings. The van der Waals surface area contributed by atoms with Gasteiger partial charge in [0, 0.05) is 5.39 Å². The van der Waals surface area contributed by atoms with Crippen LogP contribution >= 0.6 is 0 Å². The Balaban J connectivity index is 2.89. The molecule has 2 N–H and O–H groups in total. The lowest BCUT2D eigenvalue weighted by molar-refractivity contribution is 0.408. The summed E-state index contributed by atoms with van der Waals surface area (Å²) in [4.78, 5) is 0. The number of fused-ring (bicyclic) bond motifs is 1. The molecule has 0 heterocycles. The Morgan fingerprint density at radius 1 is 0.929 bits per heavy atom. The van der Waals surface area contributed by atoms with Gasteiger partial charge in [0.2, 0.25) is 0 Å². The van der Waals surface area contributed by atoms with Gasteiger partial charge >= 0.3 is 0 Å². The Bertz CT molecular complexity index is 501. The van der Waals surface area contributed by atoms with Crippen molar-refractivity contribution in [2.45, 2.75) is 13.8 Å². The maximum absolute atomic E-state index is 9.62. The lowest BCUT2D eigenvalue weighted by Crippen LogP contribution is -1.82. The van der Waals surface area contributed by atoms with E-state index in [1.165, 1.54) is 11.6 Å². The van der Waals surface area contributed by atoms with Gasteiger partial charge in [-0.15, -0.1) is 0 Å².